The summed E-state index contributed by atoms with van der Waals surface area (Å²) < 4.78 is 5.84. The molecule has 1 saturated heterocycles. The summed E-state index contributed by atoms with van der Waals surface area (Å²) in [5.74, 6) is 0.700. The molecule has 3 nitrogen and oxygen atoms in total. The Morgan fingerprint density at radius 1 is 1.31 bits per heavy atom. The van der Waals surface area contributed by atoms with Crippen LogP contribution in [0.3, 0.4) is 0 Å². The molecule has 0 unspecified atom stereocenters. The van der Waals surface area contributed by atoms with Crippen LogP contribution in [0.1, 0.15) is 0 Å². The number of hydrogen-bond donors (Lipinski definition) is 1. The molecule has 2 aromatic rings. The Balaban J connectivity index is 2.08. The number of nitrogens with zero attached hydrogens (tertiary/aromatic N) is 1. The molecule has 0 aliphatic carbocycles. The lowest BCUT2D eigenvalue weighted by Crippen LogP contribution is -2.50. The zero-order valence-electron chi connectivity index (χ0n) is 8.61. The van der Waals surface area contributed by atoms with E-state index in [9.17, 15) is 0 Å². The van der Waals surface area contributed by atoms with Crippen molar-refractivity contribution in [1.29, 1.82) is 0 Å². The van der Waals surface area contributed by atoms with E-state index in [4.69, 9.17) is 16.3 Å². The highest BCUT2D eigenvalue weighted by atomic mass is 35.5. The molecule has 1 aliphatic heterocycles. The number of halogens is 1. The first-order valence-corrected chi connectivity index (χ1v) is 5.63. The SMILES string of the molecule is Clc1ccc2cccnc2c1OC1CNC1. The maximum Gasteiger partial charge on any atom is 0.164 e. The minimum Gasteiger partial charge on any atom is -0.484 e. The first kappa shape index (κ1) is 9.87. The maximum atomic E-state index is 6.14. The molecule has 3 rings (SSSR count). The van der Waals surface area contributed by atoms with Crippen LogP contribution in [0.25, 0.3) is 10.9 Å². The average molecular weight is 235 g/mol. The monoisotopic (exact) mass is 234 g/mol. The second kappa shape index (κ2) is 3.92. The quantitative estimate of drug-likeness (QED) is 0.866. The molecule has 1 aromatic heterocycles. The van der Waals surface area contributed by atoms with Gasteiger partial charge in [-0.15, -0.1) is 0 Å². The summed E-state index contributed by atoms with van der Waals surface area (Å²) in [7, 11) is 0. The predicted octanol–water partition coefficient (Wildman–Crippen LogP) is 2.24. The van der Waals surface area contributed by atoms with Crippen molar-refractivity contribution in [3.63, 3.8) is 0 Å². The second-order valence-electron chi connectivity index (χ2n) is 3.85. The molecule has 1 aliphatic rings. The van der Waals surface area contributed by atoms with Crippen molar-refractivity contribution in [2.75, 3.05) is 13.1 Å². The highest BCUT2D eigenvalue weighted by molar-refractivity contribution is 6.33. The van der Waals surface area contributed by atoms with E-state index in [1.165, 1.54) is 0 Å². The van der Waals surface area contributed by atoms with E-state index >= 15 is 0 Å². The van der Waals surface area contributed by atoms with Gasteiger partial charge in [0.25, 0.3) is 0 Å². The molecule has 0 radical (unpaired) electrons. The Kier molecular flexibility index (Phi) is 2.42. The third-order valence-electron chi connectivity index (χ3n) is 2.71. The minimum absolute atomic E-state index is 0.213. The van der Waals surface area contributed by atoms with Crippen molar-refractivity contribution >= 4 is 22.5 Å². The zero-order chi connectivity index (χ0) is 11.0. The summed E-state index contributed by atoms with van der Waals surface area (Å²) in [6.07, 6.45) is 1.97. The van der Waals surface area contributed by atoms with Crippen molar-refractivity contribution in [2.45, 2.75) is 6.10 Å². The van der Waals surface area contributed by atoms with Crippen LogP contribution >= 0.6 is 11.6 Å². The van der Waals surface area contributed by atoms with Gasteiger partial charge in [-0.25, -0.2) is 0 Å². The largest absolute Gasteiger partial charge is 0.484 e. The van der Waals surface area contributed by atoms with E-state index in [1.54, 1.807) is 6.20 Å². The number of ether oxygens (including phenoxy) is 1. The van der Waals surface area contributed by atoms with Gasteiger partial charge in [-0.05, 0) is 12.1 Å². The van der Waals surface area contributed by atoms with Gasteiger partial charge in [-0.3, -0.25) is 4.98 Å². The van der Waals surface area contributed by atoms with Crippen molar-refractivity contribution in [2.24, 2.45) is 0 Å². The van der Waals surface area contributed by atoms with Crippen LogP contribution in [0.5, 0.6) is 5.75 Å². The molecule has 1 aromatic carbocycles. The van der Waals surface area contributed by atoms with Gasteiger partial charge < -0.3 is 10.1 Å². The van der Waals surface area contributed by atoms with Gasteiger partial charge in [-0.2, -0.15) is 0 Å². The third kappa shape index (κ3) is 1.62. The molecule has 4 heteroatoms. The number of fused-ring (bicyclic) bond motifs is 1. The number of benzene rings is 1. The van der Waals surface area contributed by atoms with Gasteiger partial charge >= 0.3 is 0 Å². The molecule has 0 amide bonds. The first-order chi connectivity index (χ1) is 7.84. The van der Waals surface area contributed by atoms with Crippen LogP contribution in [0, 0.1) is 0 Å². The lowest BCUT2D eigenvalue weighted by molar-refractivity contribution is 0.144. The van der Waals surface area contributed by atoms with Gasteiger partial charge in [0.1, 0.15) is 11.6 Å². The highest BCUT2D eigenvalue weighted by Crippen LogP contribution is 2.32. The van der Waals surface area contributed by atoms with Crippen LogP contribution < -0.4 is 10.1 Å². The second-order valence-corrected chi connectivity index (χ2v) is 4.26. The molecule has 0 saturated carbocycles. The van der Waals surface area contributed by atoms with Gasteiger partial charge in [0, 0.05) is 24.7 Å². The molecular formula is C12H11ClN2O. The zero-order valence-corrected chi connectivity index (χ0v) is 9.37. The van der Waals surface area contributed by atoms with Crippen LogP contribution in [-0.4, -0.2) is 24.2 Å². The third-order valence-corrected chi connectivity index (χ3v) is 3.01. The Morgan fingerprint density at radius 3 is 2.94 bits per heavy atom. The molecule has 82 valence electrons. The van der Waals surface area contributed by atoms with E-state index < -0.39 is 0 Å². The Labute approximate surface area is 98.4 Å². The fraction of sp³-hybridized carbons (Fsp3) is 0.250. The summed E-state index contributed by atoms with van der Waals surface area (Å²) in [5, 5.41) is 4.83. The number of nitrogens with one attached hydrogen (secondary N) is 1. The first-order valence-electron chi connectivity index (χ1n) is 5.25. The maximum absolute atomic E-state index is 6.14. The molecule has 0 spiro atoms. The Bertz CT molecular complexity index is 525. The summed E-state index contributed by atoms with van der Waals surface area (Å²) in [4.78, 5) is 4.32. The summed E-state index contributed by atoms with van der Waals surface area (Å²) in [6, 6.07) is 7.72. The molecule has 0 atom stereocenters. The smallest absolute Gasteiger partial charge is 0.164 e. The predicted molar refractivity (Wildman–Crippen MR) is 64.0 cm³/mol. The standard InChI is InChI=1S/C12H11ClN2O/c13-10-4-3-8-2-1-5-15-11(8)12(10)16-9-6-14-7-9/h1-5,9,14H,6-7H2. The van der Waals surface area contributed by atoms with Crippen molar-refractivity contribution < 1.29 is 4.74 Å². The summed E-state index contributed by atoms with van der Waals surface area (Å²) in [6.45, 7) is 1.75. The molecule has 2 heterocycles. The highest BCUT2D eigenvalue weighted by Gasteiger charge is 2.21. The summed E-state index contributed by atoms with van der Waals surface area (Å²) in [5.41, 5.74) is 0.835. The minimum atomic E-state index is 0.213. The van der Waals surface area contributed by atoms with Crippen LogP contribution in [-0.2, 0) is 0 Å². The van der Waals surface area contributed by atoms with Crippen LogP contribution in [0.4, 0.5) is 0 Å². The van der Waals surface area contributed by atoms with Gasteiger partial charge in [0.05, 0.1) is 5.02 Å². The van der Waals surface area contributed by atoms with Gasteiger partial charge in [0.15, 0.2) is 5.75 Å². The van der Waals surface area contributed by atoms with E-state index in [1.807, 2.05) is 24.3 Å². The number of pyridine rings is 1. The Morgan fingerprint density at radius 2 is 2.19 bits per heavy atom. The molecule has 0 bridgehead atoms. The fourth-order valence-corrected chi connectivity index (χ4v) is 1.92. The fourth-order valence-electron chi connectivity index (χ4n) is 1.72. The molecule has 16 heavy (non-hydrogen) atoms. The number of rotatable bonds is 2. The van der Waals surface area contributed by atoms with E-state index in [2.05, 4.69) is 10.3 Å². The van der Waals surface area contributed by atoms with E-state index in [0.29, 0.717) is 10.8 Å². The van der Waals surface area contributed by atoms with E-state index in [-0.39, 0.29) is 6.10 Å². The normalized spacial score (nSPS) is 16.1. The van der Waals surface area contributed by atoms with E-state index in [0.717, 1.165) is 24.0 Å². The lowest BCUT2D eigenvalue weighted by atomic mass is 10.2. The van der Waals surface area contributed by atoms with Gasteiger partial charge in [0.2, 0.25) is 0 Å². The van der Waals surface area contributed by atoms with Crippen molar-refractivity contribution in [3.8, 4) is 5.75 Å². The lowest BCUT2D eigenvalue weighted by Gasteiger charge is -2.28. The number of aromatic nitrogens is 1. The molecule has 1 N–H and O–H groups in total. The topological polar surface area (TPSA) is 34.1 Å². The molecular weight excluding hydrogens is 224 g/mol. The van der Waals surface area contributed by atoms with Gasteiger partial charge in [-0.1, -0.05) is 23.7 Å². The van der Waals surface area contributed by atoms with Crippen LogP contribution in [0.2, 0.25) is 5.02 Å². The average Bonchev–Trinajstić information content (AvgIpc) is 2.25. The number of hydrogen-bond acceptors (Lipinski definition) is 3. The Hall–Kier alpha value is -1.32. The van der Waals surface area contributed by atoms with Crippen LogP contribution in [0.15, 0.2) is 30.5 Å². The van der Waals surface area contributed by atoms with Crippen molar-refractivity contribution in [3.05, 3.63) is 35.5 Å². The summed E-state index contributed by atoms with van der Waals surface area (Å²) >= 11 is 6.14. The molecule has 1 fully saturated rings. The van der Waals surface area contributed by atoms with Crippen molar-refractivity contribution in [1.82, 2.24) is 10.3 Å².